The van der Waals surface area contributed by atoms with Crippen molar-refractivity contribution in [3.05, 3.63) is 30.5 Å². The van der Waals surface area contributed by atoms with Gasteiger partial charge in [-0.1, -0.05) is 0 Å². The number of fused-ring (bicyclic) bond motifs is 1. The summed E-state index contributed by atoms with van der Waals surface area (Å²) in [6.07, 6.45) is 10.0. The minimum absolute atomic E-state index is 0.440. The molecule has 1 saturated heterocycles. The predicted molar refractivity (Wildman–Crippen MR) is 84.4 cm³/mol. The van der Waals surface area contributed by atoms with E-state index in [-0.39, 0.29) is 0 Å². The SMILES string of the molecule is Cn1cc(-c2cnc(N)c3nc(C4CCCNC4)cn23)cn1. The highest BCUT2D eigenvalue weighted by Crippen LogP contribution is 2.27. The Labute approximate surface area is 128 Å². The number of anilines is 1. The van der Waals surface area contributed by atoms with Crippen LogP contribution >= 0.6 is 0 Å². The fourth-order valence-electron chi connectivity index (χ4n) is 3.08. The molecule has 1 aliphatic rings. The number of imidazole rings is 1. The molecule has 114 valence electrons. The molecule has 7 nitrogen and oxygen atoms in total. The van der Waals surface area contributed by atoms with Crippen molar-refractivity contribution in [1.82, 2.24) is 29.5 Å². The number of piperidine rings is 1. The van der Waals surface area contributed by atoms with E-state index in [0.29, 0.717) is 11.7 Å². The van der Waals surface area contributed by atoms with Gasteiger partial charge in [0.15, 0.2) is 11.5 Å². The van der Waals surface area contributed by atoms with Crippen LogP contribution in [-0.2, 0) is 7.05 Å². The summed E-state index contributed by atoms with van der Waals surface area (Å²) in [5.41, 5.74) is 9.79. The molecule has 22 heavy (non-hydrogen) atoms. The number of nitrogens with one attached hydrogen (secondary N) is 1. The molecule has 1 atom stereocenters. The van der Waals surface area contributed by atoms with E-state index in [9.17, 15) is 0 Å². The summed E-state index contributed by atoms with van der Waals surface area (Å²) < 4.78 is 3.81. The van der Waals surface area contributed by atoms with Gasteiger partial charge in [-0.25, -0.2) is 9.97 Å². The lowest BCUT2D eigenvalue weighted by atomic mass is 9.97. The monoisotopic (exact) mass is 297 g/mol. The Morgan fingerprint density at radius 3 is 2.95 bits per heavy atom. The van der Waals surface area contributed by atoms with Crippen molar-refractivity contribution in [3.63, 3.8) is 0 Å². The molecule has 3 aromatic heterocycles. The first-order valence-electron chi connectivity index (χ1n) is 7.55. The molecule has 3 N–H and O–H groups in total. The summed E-state index contributed by atoms with van der Waals surface area (Å²) in [5.74, 6) is 0.900. The number of aryl methyl sites for hydroxylation is 1. The fourth-order valence-corrected chi connectivity index (χ4v) is 3.08. The van der Waals surface area contributed by atoms with Crippen molar-refractivity contribution < 1.29 is 0 Å². The van der Waals surface area contributed by atoms with Gasteiger partial charge in [-0.05, 0) is 19.4 Å². The van der Waals surface area contributed by atoms with Crippen LogP contribution in [0.25, 0.3) is 16.9 Å². The van der Waals surface area contributed by atoms with Gasteiger partial charge in [0, 0.05) is 37.5 Å². The Bertz CT molecular complexity index is 811. The quantitative estimate of drug-likeness (QED) is 0.742. The van der Waals surface area contributed by atoms with Crippen LogP contribution in [0.1, 0.15) is 24.5 Å². The van der Waals surface area contributed by atoms with Gasteiger partial charge >= 0.3 is 0 Å². The lowest BCUT2D eigenvalue weighted by Gasteiger charge is -2.20. The first kappa shape index (κ1) is 13.3. The van der Waals surface area contributed by atoms with Crippen molar-refractivity contribution in [2.24, 2.45) is 7.05 Å². The molecular weight excluding hydrogens is 278 g/mol. The largest absolute Gasteiger partial charge is 0.381 e. The van der Waals surface area contributed by atoms with Crippen molar-refractivity contribution in [3.8, 4) is 11.3 Å². The van der Waals surface area contributed by atoms with Crippen molar-refractivity contribution in [2.75, 3.05) is 18.8 Å². The van der Waals surface area contributed by atoms with E-state index in [4.69, 9.17) is 10.7 Å². The highest BCUT2D eigenvalue weighted by molar-refractivity contribution is 5.68. The summed E-state index contributed by atoms with van der Waals surface area (Å²) in [4.78, 5) is 9.03. The van der Waals surface area contributed by atoms with Gasteiger partial charge in [-0.2, -0.15) is 5.10 Å². The first-order valence-corrected chi connectivity index (χ1v) is 7.55. The van der Waals surface area contributed by atoms with E-state index < -0.39 is 0 Å². The van der Waals surface area contributed by atoms with E-state index in [1.165, 1.54) is 6.42 Å². The molecule has 7 heteroatoms. The van der Waals surface area contributed by atoms with Crippen LogP contribution in [0, 0.1) is 0 Å². The van der Waals surface area contributed by atoms with Crippen molar-refractivity contribution >= 4 is 11.5 Å². The third-order valence-corrected chi connectivity index (χ3v) is 4.25. The molecule has 0 saturated carbocycles. The summed E-state index contributed by atoms with van der Waals surface area (Å²) >= 11 is 0. The van der Waals surface area contributed by atoms with Gasteiger partial charge < -0.3 is 11.1 Å². The van der Waals surface area contributed by atoms with E-state index in [2.05, 4.69) is 21.6 Å². The maximum atomic E-state index is 6.02. The predicted octanol–water partition coefficient (Wildman–Crippen LogP) is 1.18. The molecule has 0 bridgehead atoms. The molecule has 4 rings (SSSR count). The number of hydrogen-bond donors (Lipinski definition) is 2. The lowest BCUT2D eigenvalue weighted by molar-refractivity contribution is 0.456. The Balaban J connectivity index is 1.85. The minimum Gasteiger partial charge on any atom is -0.381 e. The second-order valence-electron chi connectivity index (χ2n) is 5.83. The van der Waals surface area contributed by atoms with Crippen molar-refractivity contribution in [2.45, 2.75) is 18.8 Å². The summed E-state index contributed by atoms with van der Waals surface area (Å²) in [5, 5.41) is 7.67. The molecule has 1 fully saturated rings. The fraction of sp³-hybridized carbons (Fsp3) is 0.400. The van der Waals surface area contributed by atoms with E-state index in [1.54, 1.807) is 10.9 Å². The number of rotatable bonds is 2. The van der Waals surface area contributed by atoms with Crippen LogP contribution in [-0.4, -0.2) is 37.2 Å². The average Bonchev–Trinajstić information content (AvgIpc) is 3.16. The van der Waals surface area contributed by atoms with Crippen LogP contribution in [0.4, 0.5) is 5.82 Å². The van der Waals surface area contributed by atoms with Gasteiger partial charge in [-0.15, -0.1) is 0 Å². The number of nitrogens with zero attached hydrogens (tertiary/aromatic N) is 5. The summed E-state index contributed by atoms with van der Waals surface area (Å²) in [6, 6.07) is 0. The topological polar surface area (TPSA) is 86.1 Å². The Morgan fingerprint density at radius 2 is 2.23 bits per heavy atom. The van der Waals surface area contributed by atoms with Gasteiger partial charge in [-0.3, -0.25) is 9.08 Å². The third-order valence-electron chi connectivity index (χ3n) is 4.25. The van der Waals surface area contributed by atoms with Gasteiger partial charge in [0.1, 0.15) is 0 Å². The molecule has 0 spiro atoms. The van der Waals surface area contributed by atoms with E-state index >= 15 is 0 Å². The lowest BCUT2D eigenvalue weighted by Crippen LogP contribution is -2.28. The highest BCUT2D eigenvalue weighted by Gasteiger charge is 2.20. The number of nitrogens with two attached hydrogens (primary N) is 1. The van der Waals surface area contributed by atoms with Crippen LogP contribution in [0.15, 0.2) is 24.8 Å². The molecule has 0 radical (unpaired) electrons. The molecule has 4 heterocycles. The molecule has 0 amide bonds. The standard InChI is InChI=1S/C15H19N7/c1-21-8-11(6-19-21)13-7-18-14(16)15-20-12(9-22(13)15)10-3-2-4-17-5-10/h6-10,17H,2-5H2,1H3,(H2,16,18). The molecule has 1 aliphatic heterocycles. The second kappa shape index (κ2) is 5.10. The van der Waals surface area contributed by atoms with Gasteiger partial charge in [0.2, 0.25) is 0 Å². The van der Waals surface area contributed by atoms with Gasteiger partial charge in [0.05, 0.1) is 23.8 Å². The van der Waals surface area contributed by atoms with Gasteiger partial charge in [0.25, 0.3) is 0 Å². The Kier molecular flexibility index (Phi) is 3.07. The normalized spacial score (nSPS) is 18.9. The zero-order chi connectivity index (χ0) is 15.1. The van der Waals surface area contributed by atoms with Crippen LogP contribution in [0.5, 0.6) is 0 Å². The molecule has 0 aliphatic carbocycles. The number of aromatic nitrogens is 5. The summed E-state index contributed by atoms with van der Waals surface area (Å²) in [7, 11) is 1.90. The smallest absolute Gasteiger partial charge is 0.180 e. The molecular formula is C15H19N7. The Morgan fingerprint density at radius 1 is 1.32 bits per heavy atom. The maximum absolute atomic E-state index is 6.02. The first-order chi connectivity index (χ1) is 10.7. The van der Waals surface area contributed by atoms with Crippen LogP contribution in [0.3, 0.4) is 0 Å². The zero-order valence-electron chi connectivity index (χ0n) is 12.5. The average molecular weight is 297 g/mol. The van der Waals surface area contributed by atoms with Crippen LogP contribution in [0.2, 0.25) is 0 Å². The Hall–Kier alpha value is -2.41. The van der Waals surface area contributed by atoms with Crippen LogP contribution < -0.4 is 11.1 Å². The molecule has 3 aromatic rings. The number of nitrogen functional groups attached to an aromatic ring is 1. The molecule has 0 aromatic carbocycles. The summed E-state index contributed by atoms with van der Waals surface area (Å²) in [6.45, 7) is 2.06. The van der Waals surface area contributed by atoms with E-state index in [0.717, 1.165) is 42.1 Å². The molecule has 1 unspecified atom stereocenters. The maximum Gasteiger partial charge on any atom is 0.180 e. The van der Waals surface area contributed by atoms with Crippen molar-refractivity contribution in [1.29, 1.82) is 0 Å². The second-order valence-corrected chi connectivity index (χ2v) is 5.83. The zero-order valence-corrected chi connectivity index (χ0v) is 12.5. The van der Waals surface area contributed by atoms with E-state index in [1.807, 2.05) is 23.8 Å². The third kappa shape index (κ3) is 2.14. The highest BCUT2D eigenvalue weighted by atomic mass is 15.2. The number of hydrogen-bond acceptors (Lipinski definition) is 5. The minimum atomic E-state index is 0.440.